The van der Waals surface area contributed by atoms with Gasteiger partial charge in [0.25, 0.3) is 0 Å². The van der Waals surface area contributed by atoms with Crippen LogP contribution in [-0.4, -0.2) is 29.6 Å². The fraction of sp³-hybridized carbons (Fsp3) is 0.556. The average Bonchev–Trinajstić information content (AvgIpc) is 2.85. The lowest BCUT2D eigenvalue weighted by Crippen LogP contribution is -2.38. The van der Waals surface area contributed by atoms with Crippen LogP contribution in [0.1, 0.15) is 44.2 Å². The van der Waals surface area contributed by atoms with Gasteiger partial charge in [-0.3, -0.25) is 9.59 Å². The van der Waals surface area contributed by atoms with Gasteiger partial charge in [-0.1, -0.05) is 26.0 Å². The van der Waals surface area contributed by atoms with Gasteiger partial charge in [0.2, 0.25) is 11.8 Å². The summed E-state index contributed by atoms with van der Waals surface area (Å²) in [6.07, 6.45) is 3.24. The number of hydrogen-bond acceptors (Lipinski definition) is 3. The highest BCUT2D eigenvalue weighted by molar-refractivity contribution is 5.99. The van der Waals surface area contributed by atoms with Crippen LogP contribution in [-0.2, 0) is 22.4 Å². The second-order valence-electron chi connectivity index (χ2n) is 6.65. The van der Waals surface area contributed by atoms with Gasteiger partial charge in [-0.15, -0.1) is 0 Å². The first-order valence-corrected chi connectivity index (χ1v) is 8.29. The number of anilines is 1. The number of aliphatic hydroxyl groups is 1. The van der Waals surface area contributed by atoms with Gasteiger partial charge in [0.1, 0.15) is 0 Å². The fourth-order valence-electron chi connectivity index (χ4n) is 2.94. The van der Waals surface area contributed by atoms with Crippen LogP contribution in [0.3, 0.4) is 0 Å². The Morgan fingerprint density at radius 2 is 2.17 bits per heavy atom. The highest BCUT2D eigenvalue weighted by Crippen LogP contribution is 2.24. The van der Waals surface area contributed by atoms with E-state index in [9.17, 15) is 14.7 Å². The molecule has 0 fully saturated rings. The Bertz CT molecular complexity index is 569. The van der Waals surface area contributed by atoms with Crippen molar-refractivity contribution in [3.05, 3.63) is 29.3 Å². The predicted octanol–water partition coefficient (Wildman–Crippen LogP) is 2.03. The van der Waals surface area contributed by atoms with Gasteiger partial charge in [0.15, 0.2) is 0 Å². The summed E-state index contributed by atoms with van der Waals surface area (Å²) in [4.78, 5) is 23.3. The normalized spacial score (nSPS) is 14.5. The molecule has 1 aromatic rings. The van der Waals surface area contributed by atoms with Crippen molar-refractivity contribution in [1.82, 2.24) is 5.32 Å². The highest BCUT2D eigenvalue weighted by Gasteiger charge is 2.17. The van der Waals surface area contributed by atoms with E-state index in [1.54, 1.807) is 0 Å². The Kier molecular flexibility index (Phi) is 6.16. The number of aryl methyl sites for hydroxylation is 1. The Morgan fingerprint density at radius 3 is 2.87 bits per heavy atom. The van der Waals surface area contributed by atoms with Crippen LogP contribution < -0.4 is 10.6 Å². The van der Waals surface area contributed by atoms with E-state index in [4.69, 9.17) is 0 Å². The van der Waals surface area contributed by atoms with Crippen LogP contribution >= 0.6 is 0 Å². The van der Waals surface area contributed by atoms with Crippen LogP contribution in [0.15, 0.2) is 18.2 Å². The molecule has 0 aromatic heterocycles. The fourth-order valence-corrected chi connectivity index (χ4v) is 2.94. The molecule has 1 aromatic carbocycles. The Morgan fingerprint density at radius 1 is 1.39 bits per heavy atom. The summed E-state index contributed by atoms with van der Waals surface area (Å²) >= 11 is 0. The number of aliphatic hydroxyl groups excluding tert-OH is 1. The summed E-state index contributed by atoms with van der Waals surface area (Å²) in [5.41, 5.74) is 3.08. The molecule has 0 bridgehead atoms. The van der Waals surface area contributed by atoms with Gasteiger partial charge in [0.05, 0.1) is 19.1 Å². The molecule has 2 amide bonds. The molecule has 2 rings (SSSR count). The quantitative estimate of drug-likeness (QED) is 0.686. The van der Waals surface area contributed by atoms with E-state index >= 15 is 0 Å². The van der Waals surface area contributed by atoms with Crippen molar-refractivity contribution in [2.45, 2.75) is 52.0 Å². The molecule has 126 valence electrons. The van der Waals surface area contributed by atoms with Crippen LogP contribution in [0.4, 0.5) is 5.69 Å². The molecule has 0 saturated heterocycles. The van der Waals surface area contributed by atoms with E-state index in [0.29, 0.717) is 18.8 Å². The average molecular weight is 318 g/mol. The zero-order chi connectivity index (χ0) is 16.8. The third-order valence-corrected chi connectivity index (χ3v) is 4.01. The first kappa shape index (κ1) is 17.5. The van der Waals surface area contributed by atoms with Crippen molar-refractivity contribution in [2.24, 2.45) is 5.92 Å². The number of rotatable bonds is 8. The SMILES string of the molecule is CC(C)CC(CO)NC(=O)CCCc1ccc2c(c1)CC(=O)N2. The number of benzene rings is 1. The van der Waals surface area contributed by atoms with Gasteiger partial charge >= 0.3 is 0 Å². The molecule has 1 atom stereocenters. The first-order valence-electron chi connectivity index (χ1n) is 8.29. The lowest BCUT2D eigenvalue weighted by Gasteiger charge is -2.18. The molecule has 1 aliphatic rings. The van der Waals surface area contributed by atoms with Gasteiger partial charge in [0, 0.05) is 12.1 Å². The summed E-state index contributed by atoms with van der Waals surface area (Å²) < 4.78 is 0. The van der Waals surface area contributed by atoms with Crippen LogP contribution in [0.5, 0.6) is 0 Å². The van der Waals surface area contributed by atoms with Crippen molar-refractivity contribution in [3.8, 4) is 0 Å². The molecule has 1 aliphatic heterocycles. The Hall–Kier alpha value is -1.88. The molecule has 1 unspecified atom stereocenters. The molecule has 0 saturated carbocycles. The minimum absolute atomic E-state index is 0.0114. The maximum Gasteiger partial charge on any atom is 0.228 e. The smallest absolute Gasteiger partial charge is 0.228 e. The molecule has 5 heteroatoms. The number of carbonyl (C=O) groups is 2. The summed E-state index contributed by atoms with van der Waals surface area (Å²) in [5, 5.41) is 15.0. The second-order valence-corrected chi connectivity index (χ2v) is 6.65. The third kappa shape index (κ3) is 5.36. The summed E-state index contributed by atoms with van der Waals surface area (Å²) in [6.45, 7) is 4.13. The molecule has 1 heterocycles. The van der Waals surface area contributed by atoms with Crippen LogP contribution in [0.2, 0.25) is 0 Å². The van der Waals surface area contributed by atoms with Crippen molar-refractivity contribution in [3.63, 3.8) is 0 Å². The molecular weight excluding hydrogens is 292 g/mol. The molecule has 3 N–H and O–H groups in total. The third-order valence-electron chi connectivity index (χ3n) is 4.01. The zero-order valence-electron chi connectivity index (χ0n) is 13.9. The van der Waals surface area contributed by atoms with Gasteiger partial charge in [-0.2, -0.15) is 0 Å². The molecular formula is C18H26N2O3. The largest absolute Gasteiger partial charge is 0.394 e. The minimum atomic E-state index is -0.153. The van der Waals surface area contributed by atoms with Crippen molar-refractivity contribution in [1.29, 1.82) is 0 Å². The molecule has 5 nitrogen and oxygen atoms in total. The minimum Gasteiger partial charge on any atom is -0.394 e. The van der Waals surface area contributed by atoms with Crippen LogP contribution in [0, 0.1) is 5.92 Å². The molecule has 0 radical (unpaired) electrons. The highest BCUT2D eigenvalue weighted by atomic mass is 16.3. The van der Waals surface area contributed by atoms with Crippen molar-refractivity contribution in [2.75, 3.05) is 11.9 Å². The monoisotopic (exact) mass is 318 g/mol. The maximum absolute atomic E-state index is 11.9. The van der Waals surface area contributed by atoms with E-state index < -0.39 is 0 Å². The molecule has 0 aliphatic carbocycles. The van der Waals surface area contributed by atoms with E-state index in [2.05, 4.69) is 24.5 Å². The van der Waals surface area contributed by atoms with Crippen molar-refractivity contribution >= 4 is 17.5 Å². The van der Waals surface area contributed by atoms with E-state index in [0.717, 1.165) is 36.1 Å². The number of hydrogen-bond donors (Lipinski definition) is 3. The Labute approximate surface area is 137 Å². The topological polar surface area (TPSA) is 78.4 Å². The number of fused-ring (bicyclic) bond motifs is 1. The Balaban J connectivity index is 1.75. The van der Waals surface area contributed by atoms with Gasteiger partial charge in [-0.25, -0.2) is 0 Å². The summed E-state index contributed by atoms with van der Waals surface area (Å²) in [7, 11) is 0. The second kappa shape index (κ2) is 8.11. The first-order chi connectivity index (χ1) is 11.0. The lowest BCUT2D eigenvalue weighted by atomic mass is 10.0. The number of nitrogens with one attached hydrogen (secondary N) is 2. The zero-order valence-corrected chi connectivity index (χ0v) is 13.9. The maximum atomic E-state index is 11.9. The lowest BCUT2D eigenvalue weighted by molar-refractivity contribution is -0.122. The van der Waals surface area contributed by atoms with E-state index in [-0.39, 0.29) is 24.5 Å². The number of amides is 2. The van der Waals surface area contributed by atoms with Crippen molar-refractivity contribution < 1.29 is 14.7 Å². The van der Waals surface area contributed by atoms with Gasteiger partial charge < -0.3 is 15.7 Å². The van der Waals surface area contributed by atoms with Crippen LogP contribution in [0.25, 0.3) is 0 Å². The molecule has 23 heavy (non-hydrogen) atoms. The standard InChI is InChI=1S/C18H26N2O3/c1-12(2)8-15(11-21)19-17(22)5-3-4-13-6-7-16-14(9-13)10-18(23)20-16/h6-7,9,12,15,21H,3-5,8,10-11H2,1-2H3,(H,19,22)(H,20,23). The van der Waals surface area contributed by atoms with E-state index in [1.807, 2.05) is 18.2 Å². The predicted molar refractivity (Wildman–Crippen MR) is 90.2 cm³/mol. The summed E-state index contributed by atoms with van der Waals surface area (Å²) in [5.74, 6) is 0.467. The van der Waals surface area contributed by atoms with E-state index in [1.165, 1.54) is 0 Å². The van der Waals surface area contributed by atoms with Gasteiger partial charge in [-0.05, 0) is 42.4 Å². The number of carbonyl (C=O) groups excluding carboxylic acids is 2. The molecule has 0 spiro atoms. The summed E-state index contributed by atoms with van der Waals surface area (Å²) in [6, 6.07) is 5.82.